The van der Waals surface area contributed by atoms with Crippen molar-refractivity contribution < 1.29 is 9.53 Å². The van der Waals surface area contributed by atoms with Crippen molar-refractivity contribution in [2.24, 2.45) is 18.9 Å². The third-order valence-electron chi connectivity index (χ3n) is 5.16. The summed E-state index contributed by atoms with van der Waals surface area (Å²) in [6, 6.07) is 0.181. The zero-order valence-electron chi connectivity index (χ0n) is 16.7. The van der Waals surface area contributed by atoms with Crippen LogP contribution in [-0.2, 0) is 23.1 Å². The first-order chi connectivity index (χ1) is 11.3. The molecule has 2 heterocycles. The lowest BCUT2D eigenvalue weighted by Gasteiger charge is -2.22. The van der Waals surface area contributed by atoms with Crippen LogP contribution in [0.5, 0.6) is 0 Å². The smallest absolute Gasteiger partial charge is 0.246 e. The van der Waals surface area contributed by atoms with Gasteiger partial charge in [-0.3, -0.25) is 9.69 Å². The number of nitrogens with one attached hydrogen (secondary N) is 1. The van der Waals surface area contributed by atoms with Crippen LogP contribution in [0.2, 0.25) is 0 Å². The predicted octanol–water partition coefficient (Wildman–Crippen LogP) is 2.49. The summed E-state index contributed by atoms with van der Waals surface area (Å²) in [5.41, 5.74) is 2.31. The topological polar surface area (TPSA) is 59.4 Å². The molecule has 8 heteroatoms. The minimum absolute atomic E-state index is 0. The number of hydrogen-bond acceptors (Lipinski definition) is 4. The largest absolute Gasteiger partial charge is 0.372 e. The maximum absolute atomic E-state index is 12.0. The van der Waals surface area contributed by atoms with E-state index in [1.54, 1.807) is 0 Å². The van der Waals surface area contributed by atoms with Gasteiger partial charge < -0.3 is 14.6 Å². The van der Waals surface area contributed by atoms with Crippen molar-refractivity contribution in [2.75, 3.05) is 26.3 Å². The number of amides is 1. The van der Waals surface area contributed by atoms with Crippen molar-refractivity contribution in [3.63, 3.8) is 0 Å². The number of ether oxygens (including phenoxy) is 1. The molecule has 1 amide bonds. The highest BCUT2D eigenvalue weighted by Crippen LogP contribution is 2.26. The zero-order valence-corrected chi connectivity index (χ0v) is 18.4. The second-order valence-corrected chi connectivity index (χ2v) is 7.17. The van der Waals surface area contributed by atoms with Gasteiger partial charge in [0.25, 0.3) is 0 Å². The molecule has 2 rings (SSSR count). The molecule has 0 bridgehead atoms. The number of aryl methyl sites for hydroxylation is 1. The van der Waals surface area contributed by atoms with E-state index in [1.165, 1.54) is 5.69 Å². The van der Waals surface area contributed by atoms with Crippen molar-refractivity contribution in [2.45, 2.75) is 47.2 Å². The van der Waals surface area contributed by atoms with Gasteiger partial charge >= 0.3 is 0 Å². The molecular formula is C18H34Cl2N4O2. The second kappa shape index (κ2) is 11.1. The molecule has 2 atom stereocenters. The normalized spacial score (nSPS) is 20.0. The fourth-order valence-electron chi connectivity index (χ4n) is 3.44. The second-order valence-electron chi connectivity index (χ2n) is 7.17. The van der Waals surface area contributed by atoms with Crippen molar-refractivity contribution in [3.05, 3.63) is 17.2 Å². The molecule has 1 aliphatic rings. The molecular weight excluding hydrogens is 375 g/mol. The fraction of sp³-hybridized carbons (Fsp3) is 0.778. The van der Waals surface area contributed by atoms with Gasteiger partial charge in [-0.25, -0.2) is 4.98 Å². The van der Waals surface area contributed by atoms with Crippen LogP contribution < -0.4 is 5.32 Å². The van der Waals surface area contributed by atoms with Crippen LogP contribution in [0, 0.1) is 25.7 Å². The monoisotopic (exact) mass is 408 g/mol. The van der Waals surface area contributed by atoms with Gasteiger partial charge in [-0.2, -0.15) is 0 Å². The summed E-state index contributed by atoms with van der Waals surface area (Å²) in [5.74, 6) is 2.06. The molecule has 1 aliphatic heterocycles. The number of hydrogen-bond donors (Lipinski definition) is 1. The number of aromatic nitrogens is 2. The molecule has 0 spiro atoms. The lowest BCUT2D eigenvalue weighted by molar-refractivity contribution is -0.126. The highest BCUT2D eigenvalue weighted by molar-refractivity contribution is 5.85. The van der Waals surface area contributed by atoms with Crippen LogP contribution in [0.4, 0.5) is 0 Å². The summed E-state index contributed by atoms with van der Waals surface area (Å²) < 4.78 is 7.38. The molecule has 0 radical (unpaired) electrons. The molecule has 1 aromatic rings. The maximum atomic E-state index is 12.0. The number of halogens is 2. The first-order valence-corrected chi connectivity index (χ1v) is 8.91. The number of carbonyl (C=O) groups excluding carboxylic acids is 1. The Balaban J connectivity index is 0.00000312. The van der Waals surface area contributed by atoms with Gasteiger partial charge in [-0.15, -0.1) is 24.8 Å². The lowest BCUT2D eigenvalue weighted by atomic mass is 9.91. The predicted molar refractivity (Wildman–Crippen MR) is 109 cm³/mol. The SMILES string of the molecule is CCOCC(=O)N[C@H]1CN(Cc2nc(C)c(C)n2C)C[C@@H]1C(C)C.Cl.Cl. The molecule has 1 N–H and O–H groups in total. The van der Waals surface area contributed by atoms with Crippen LogP contribution >= 0.6 is 24.8 Å². The van der Waals surface area contributed by atoms with Crippen LogP contribution in [0.3, 0.4) is 0 Å². The minimum Gasteiger partial charge on any atom is -0.372 e. The molecule has 0 aromatic carbocycles. The highest BCUT2D eigenvalue weighted by atomic mass is 35.5. The van der Waals surface area contributed by atoms with Crippen LogP contribution in [0.15, 0.2) is 0 Å². The number of carbonyl (C=O) groups is 1. The molecule has 1 fully saturated rings. The quantitative estimate of drug-likeness (QED) is 0.752. The Hall–Kier alpha value is -0.820. The minimum atomic E-state index is -0.0157. The third-order valence-corrected chi connectivity index (χ3v) is 5.16. The average molecular weight is 409 g/mol. The van der Waals surface area contributed by atoms with Crippen LogP contribution in [0.25, 0.3) is 0 Å². The molecule has 0 unspecified atom stereocenters. The summed E-state index contributed by atoms with van der Waals surface area (Å²) in [7, 11) is 2.07. The molecule has 1 saturated heterocycles. The fourth-order valence-corrected chi connectivity index (χ4v) is 3.44. The first kappa shape index (κ1) is 25.2. The van der Waals surface area contributed by atoms with E-state index in [1.807, 2.05) is 6.92 Å². The number of rotatable bonds is 7. The van der Waals surface area contributed by atoms with Crippen molar-refractivity contribution in [1.29, 1.82) is 0 Å². The Morgan fingerprint density at radius 3 is 2.46 bits per heavy atom. The highest BCUT2D eigenvalue weighted by Gasteiger charge is 2.36. The van der Waals surface area contributed by atoms with Gasteiger partial charge in [0.1, 0.15) is 12.4 Å². The first-order valence-electron chi connectivity index (χ1n) is 8.91. The number of imidazole rings is 1. The molecule has 1 aromatic heterocycles. The van der Waals surface area contributed by atoms with Gasteiger partial charge in [-0.05, 0) is 32.6 Å². The van der Waals surface area contributed by atoms with E-state index in [-0.39, 0.29) is 43.4 Å². The summed E-state index contributed by atoms with van der Waals surface area (Å²) in [4.78, 5) is 19.1. The molecule has 26 heavy (non-hydrogen) atoms. The lowest BCUT2D eigenvalue weighted by Crippen LogP contribution is -2.43. The third kappa shape index (κ3) is 6.12. The van der Waals surface area contributed by atoms with Crippen LogP contribution in [0.1, 0.15) is 38.0 Å². The van der Waals surface area contributed by atoms with E-state index in [0.717, 1.165) is 31.2 Å². The van der Waals surface area contributed by atoms with Crippen molar-refractivity contribution in [3.8, 4) is 0 Å². The van der Waals surface area contributed by atoms with Gasteiger partial charge in [0, 0.05) is 38.5 Å². The standard InChI is InChI=1S/C18H32N4O2.2ClH/c1-7-24-11-18(23)20-16-9-22(8-15(16)12(2)3)10-17-19-13(4)14(5)21(17)6;;/h12,15-16H,7-11H2,1-6H3,(H,20,23);2*1H/t15-,16+;;/m1../s1. The van der Waals surface area contributed by atoms with E-state index < -0.39 is 0 Å². The molecule has 0 saturated carbocycles. The summed E-state index contributed by atoms with van der Waals surface area (Å²) in [5, 5.41) is 3.16. The van der Waals surface area contributed by atoms with Gasteiger partial charge in [0.2, 0.25) is 5.91 Å². The Kier molecular flexibility index (Phi) is 10.8. The summed E-state index contributed by atoms with van der Waals surface area (Å²) in [6.07, 6.45) is 0. The molecule has 6 nitrogen and oxygen atoms in total. The molecule has 0 aliphatic carbocycles. The number of nitrogens with zero attached hydrogens (tertiary/aromatic N) is 3. The van der Waals surface area contributed by atoms with Crippen molar-refractivity contribution >= 4 is 30.7 Å². The summed E-state index contributed by atoms with van der Waals surface area (Å²) >= 11 is 0. The van der Waals surface area contributed by atoms with Gasteiger partial charge in [0.15, 0.2) is 0 Å². The Morgan fingerprint density at radius 2 is 1.96 bits per heavy atom. The Labute approximate surface area is 169 Å². The Morgan fingerprint density at radius 1 is 1.31 bits per heavy atom. The zero-order chi connectivity index (χ0) is 17.9. The van der Waals surface area contributed by atoms with Crippen LogP contribution in [-0.4, -0.2) is 52.7 Å². The Bertz CT molecular complexity index is 578. The van der Waals surface area contributed by atoms with E-state index in [0.29, 0.717) is 18.4 Å². The van der Waals surface area contributed by atoms with E-state index in [4.69, 9.17) is 4.74 Å². The number of likely N-dealkylation sites (tertiary alicyclic amines) is 1. The van der Waals surface area contributed by atoms with Gasteiger partial charge in [-0.1, -0.05) is 13.8 Å². The van der Waals surface area contributed by atoms with E-state index in [2.05, 4.69) is 54.5 Å². The van der Waals surface area contributed by atoms with E-state index in [9.17, 15) is 4.79 Å². The summed E-state index contributed by atoms with van der Waals surface area (Å²) in [6.45, 7) is 13.9. The maximum Gasteiger partial charge on any atom is 0.246 e. The van der Waals surface area contributed by atoms with E-state index >= 15 is 0 Å². The average Bonchev–Trinajstić information content (AvgIpc) is 3.02. The van der Waals surface area contributed by atoms with Gasteiger partial charge in [0.05, 0.1) is 12.2 Å². The molecule has 152 valence electrons. The van der Waals surface area contributed by atoms with Crippen molar-refractivity contribution in [1.82, 2.24) is 19.8 Å².